The smallest absolute Gasteiger partial charge is 0.306 e. The van der Waals surface area contributed by atoms with Crippen LogP contribution in [0.2, 0.25) is 0 Å². The van der Waals surface area contributed by atoms with Gasteiger partial charge in [-0.2, -0.15) is 0 Å². The predicted octanol–water partition coefficient (Wildman–Crippen LogP) is 18.9. The van der Waals surface area contributed by atoms with Gasteiger partial charge in [0.25, 0.3) is 0 Å². The number of rotatable bonds is 52. The Morgan fingerprint density at radius 2 is 0.600 bits per heavy atom. The van der Waals surface area contributed by atoms with Crippen molar-refractivity contribution in [2.45, 2.75) is 309 Å². The highest BCUT2D eigenvalue weighted by Crippen LogP contribution is 2.17. The molecule has 1 atom stereocenters. The third-order valence-electron chi connectivity index (χ3n) is 12.7. The van der Waals surface area contributed by atoms with Crippen LogP contribution in [0, 0.1) is 0 Å². The zero-order valence-electron chi connectivity index (χ0n) is 43.5. The molecule has 65 heavy (non-hydrogen) atoms. The van der Waals surface area contributed by atoms with Crippen LogP contribution in [0.3, 0.4) is 0 Å². The van der Waals surface area contributed by atoms with Gasteiger partial charge in [0.05, 0.1) is 0 Å². The lowest BCUT2D eigenvalue weighted by Crippen LogP contribution is -2.30. The van der Waals surface area contributed by atoms with Crippen molar-refractivity contribution in [1.82, 2.24) is 0 Å². The highest BCUT2D eigenvalue weighted by atomic mass is 16.6. The Labute approximate surface area is 404 Å². The van der Waals surface area contributed by atoms with Gasteiger partial charge in [0.1, 0.15) is 13.2 Å². The topological polar surface area (TPSA) is 78.9 Å². The van der Waals surface area contributed by atoms with Gasteiger partial charge in [-0.1, -0.05) is 269 Å². The maximum atomic E-state index is 12.7. The summed E-state index contributed by atoms with van der Waals surface area (Å²) in [6.07, 6.45) is 64.9. The van der Waals surface area contributed by atoms with E-state index in [1.807, 2.05) is 0 Å². The average molecular weight is 914 g/mol. The SMILES string of the molecule is CC/C=C\C/C=C\C/C=C\CCCCCCCC(=O)OC(COC(=O)CCCCCCC)COC(=O)CCCCCCCCCCCCCCCCCCCCCCCCCCCCC. The van der Waals surface area contributed by atoms with Crippen LogP contribution in [0.1, 0.15) is 303 Å². The number of hydrogen-bond acceptors (Lipinski definition) is 6. The number of esters is 3. The lowest BCUT2D eigenvalue weighted by Gasteiger charge is -2.18. The van der Waals surface area contributed by atoms with Gasteiger partial charge < -0.3 is 14.2 Å². The summed E-state index contributed by atoms with van der Waals surface area (Å²) in [4.78, 5) is 37.7. The van der Waals surface area contributed by atoms with Crippen molar-refractivity contribution >= 4 is 17.9 Å². The van der Waals surface area contributed by atoms with E-state index in [1.165, 1.54) is 161 Å². The summed E-state index contributed by atoms with van der Waals surface area (Å²) in [6, 6.07) is 0. The fourth-order valence-electron chi connectivity index (χ4n) is 8.40. The van der Waals surface area contributed by atoms with Crippen molar-refractivity contribution in [3.8, 4) is 0 Å². The molecule has 0 fully saturated rings. The zero-order chi connectivity index (χ0) is 47.2. The Hall–Kier alpha value is -2.37. The molecule has 0 heterocycles. The maximum Gasteiger partial charge on any atom is 0.306 e. The number of carbonyl (C=O) groups excluding carboxylic acids is 3. The van der Waals surface area contributed by atoms with E-state index >= 15 is 0 Å². The molecule has 0 spiro atoms. The van der Waals surface area contributed by atoms with Crippen LogP contribution in [-0.2, 0) is 28.6 Å². The van der Waals surface area contributed by atoms with Crippen LogP contribution in [0.4, 0.5) is 0 Å². The van der Waals surface area contributed by atoms with Crippen molar-refractivity contribution in [1.29, 1.82) is 0 Å². The van der Waals surface area contributed by atoms with E-state index in [4.69, 9.17) is 14.2 Å². The Bertz CT molecular complexity index is 1090. The minimum Gasteiger partial charge on any atom is -0.462 e. The molecule has 0 aliphatic carbocycles. The second-order valence-corrected chi connectivity index (χ2v) is 19.2. The first kappa shape index (κ1) is 62.6. The molecule has 0 rings (SSSR count). The molecule has 0 saturated heterocycles. The Morgan fingerprint density at radius 1 is 0.323 bits per heavy atom. The van der Waals surface area contributed by atoms with Gasteiger partial charge in [-0.05, 0) is 51.4 Å². The molecule has 0 saturated carbocycles. The second-order valence-electron chi connectivity index (χ2n) is 19.2. The van der Waals surface area contributed by atoms with Gasteiger partial charge in [-0.3, -0.25) is 14.4 Å². The fourth-order valence-corrected chi connectivity index (χ4v) is 8.40. The van der Waals surface area contributed by atoms with Gasteiger partial charge in [-0.25, -0.2) is 0 Å². The highest BCUT2D eigenvalue weighted by molar-refractivity contribution is 5.71. The first-order valence-corrected chi connectivity index (χ1v) is 28.5. The summed E-state index contributed by atoms with van der Waals surface area (Å²) in [5, 5.41) is 0. The average Bonchev–Trinajstić information content (AvgIpc) is 3.30. The monoisotopic (exact) mass is 913 g/mol. The first-order valence-electron chi connectivity index (χ1n) is 28.5. The Morgan fingerprint density at radius 3 is 0.938 bits per heavy atom. The molecule has 0 aliphatic rings. The standard InChI is InChI=1S/C59H108O6/c1-4-7-10-13-15-17-19-21-23-24-25-26-27-28-29-30-31-32-33-34-36-37-39-41-43-46-49-52-58(61)64-55-56(54-63-57(60)51-48-45-12-9-6-3)65-59(62)53-50-47-44-42-40-38-35-22-20-18-16-14-11-8-5-2/h8,11,16,18,22,35,56H,4-7,9-10,12-15,17,19-21,23-34,36-55H2,1-3H3/b11-8-,18-16-,35-22-. The van der Waals surface area contributed by atoms with Gasteiger partial charge in [0.2, 0.25) is 0 Å². The molecule has 0 N–H and O–H groups in total. The largest absolute Gasteiger partial charge is 0.462 e. The summed E-state index contributed by atoms with van der Waals surface area (Å²) in [6.45, 7) is 6.46. The van der Waals surface area contributed by atoms with E-state index in [0.29, 0.717) is 19.3 Å². The summed E-state index contributed by atoms with van der Waals surface area (Å²) in [5.41, 5.74) is 0. The summed E-state index contributed by atoms with van der Waals surface area (Å²) in [7, 11) is 0. The van der Waals surface area contributed by atoms with Gasteiger partial charge >= 0.3 is 17.9 Å². The van der Waals surface area contributed by atoms with Crippen LogP contribution in [0.15, 0.2) is 36.5 Å². The van der Waals surface area contributed by atoms with E-state index in [-0.39, 0.29) is 31.1 Å². The molecule has 0 aromatic heterocycles. The van der Waals surface area contributed by atoms with Gasteiger partial charge in [0.15, 0.2) is 6.10 Å². The van der Waals surface area contributed by atoms with Crippen LogP contribution < -0.4 is 0 Å². The molecule has 0 amide bonds. The number of unbranched alkanes of at least 4 members (excludes halogenated alkanes) is 35. The Balaban J connectivity index is 3.98. The Kier molecular flexibility index (Phi) is 52.3. The minimum atomic E-state index is -0.774. The molecule has 1 unspecified atom stereocenters. The summed E-state index contributed by atoms with van der Waals surface area (Å²) < 4.78 is 16.7. The van der Waals surface area contributed by atoms with E-state index in [1.54, 1.807) is 0 Å². The third kappa shape index (κ3) is 52.5. The van der Waals surface area contributed by atoms with Crippen LogP contribution >= 0.6 is 0 Å². The lowest BCUT2D eigenvalue weighted by atomic mass is 10.0. The van der Waals surface area contributed by atoms with Gasteiger partial charge in [-0.15, -0.1) is 0 Å². The van der Waals surface area contributed by atoms with E-state index in [0.717, 1.165) is 103 Å². The zero-order valence-corrected chi connectivity index (χ0v) is 43.5. The fraction of sp³-hybridized carbons (Fsp3) is 0.847. The number of ether oxygens (including phenoxy) is 3. The molecular formula is C59H108O6. The van der Waals surface area contributed by atoms with Crippen LogP contribution in [0.5, 0.6) is 0 Å². The molecule has 0 aromatic carbocycles. The van der Waals surface area contributed by atoms with Gasteiger partial charge in [0, 0.05) is 19.3 Å². The predicted molar refractivity (Wildman–Crippen MR) is 279 cm³/mol. The van der Waals surface area contributed by atoms with E-state index < -0.39 is 6.10 Å². The molecule has 380 valence electrons. The van der Waals surface area contributed by atoms with Crippen molar-refractivity contribution < 1.29 is 28.6 Å². The number of carbonyl (C=O) groups is 3. The second kappa shape index (κ2) is 54.2. The summed E-state index contributed by atoms with van der Waals surface area (Å²) in [5.74, 6) is -0.895. The molecule has 0 radical (unpaired) electrons. The molecule has 0 aliphatic heterocycles. The van der Waals surface area contributed by atoms with Crippen LogP contribution in [-0.4, -0.2) is 37.2 Å². The lowest BCUT2D eigenvalue weighted by molar-refractivity contribution is -0.167. The summed E-state index contributed by atoms with van der Waals surface area (Å²) >= 11 is 0. The molecule has 0 bridgehead atoms. The quantitative estimate of drug-likeness (QED) is 0.0262. The number of hydrogen-bond donors (Lipinski definition) is 0. The van der Waals surface area contributed by atoms with Crippen molar-refractivity contribution in [3.05, 3.63) is 36.5 Å². The molecule has 6 heteroatoms. The maximum absolute atomic E-state index is 12.7. The van der Waals surface area contributed by atoms with Crippen LogP contribution in [0.25, 0.3) is 0 Å². The van der Waals surface area contributed by atoms with Crippen molar-refractivity contribution in [2.24, 2.45) is 0 Å². The third-order valence-corrected chi connectivity index (χ3v) is 12.7. The molecule has 6 nitrogen and oxygen atoms in total. The van der Waals surface area contributed by atoms with E-state index in [9.17, 15) is 14.4 Å². The highest BCUT2D eigenvalue weighted by Gasteiger charge is 2.19. The first-order chi connectivity index (χ1) is 32.0. The molecule has 0 aromatic rings. The minimum absolute atomic E-state index is 0.0763. The number of allylic oxidation sites excluding steroid dienone is 6. The van der Waals surface area contributed by atoms with E-state index in [2.05, 4.69) is 57.2 Å². The molecular weight excluding hydrogens is 805 g/mol. The normalized spacial score (nSPS) is 12.2. The van der Waals surface area contributed by atoms with Crippen molar-refractivity contribution in [3.63, 3.8) is 0 Å². The van der Waals surface area contributed by atoms with Crippen molar-refractivity contribution in [2.75, 3.05) is 13.2 Å².